The molecule has 0 saturated carbocycles. The van der Waals surface area contributed by atoms with Crippen LogP contribution in [0.4, 0.5) is 0 Å². The highest BCUT2D eigenvalue weighted by Crippen LogP contribution is 2.10. The average Bonchev–Trinajstić information content (AvgIpc) is 2.98. The van der Waals surface area contributed by atoms with Gasteiger partial charge in [-0.25, -0.2) is 4.98 Å². The summed E-state index contributed by atoms with van der Waals surface area (Å²) in [7, 11) is 1.71. The van der Waals surface area contributed by atoms with Crippen molar-refractivity contribution in [2.24, 2.45) is 7.05 Å². The van der Waals surface area contributed by atoms with Gasteiger partial charge in [0.25, 0.3) is 5.56 Å². The first-order chi connectivity index (χ1) is 12.0. The van der Waals surface area contributed by atoms with Crippen LogP contribution < -0.4 is 15.6 Å². The number of nitrogens with zero attached hydrogens (tertiary/aromatic N) is 4. The van der Waals surface area contributed by atoms with E-state index in [0.29, 0.717) is 24.2 Å². The summed E-state index contributed by atoms with van der Waals surface area (Å²) in [5.41, 5.74) is 1.36. The van der Waals surface area contributed by atoms with E-state index in [9.17, 15) is 9.59 Å². The fraction of sp³-hybridized carbons (Fsp3) is 0.294. The molecule has 0 saturated heterocycles. The van der Waals surface area contributed by atoms with Gasteiger partial charge >= 0.3 is 0 Å². The van der Waals surface area contributed by atoms with Gasteiger partial charge in [-0.15, -0.1) is 0 Å². The molecule has 0 radical (unpaired) electrons. The highest BCUT2D eigenvalue weighted by atomic mass is 16.5. The van der Waals surface area contributed by atoms with Crippen molar-refractivity contribution in [1.82, 2.24) is 24.6 Å². The van der Waals surface area contributed by atoms with Gasteiger partial charge < -0.3 is 10.1 Å². The smallest absolute Gasteiger partial charge is 0.264 e. The van der Waals surface area contributed by atoms with Crippen LogP contribution in [0, 0.1) is 6.92 Å². The monoisotopic (exact) mass is 341 g/mol. The number of carbonyl (C=O) groups is 1. The fourth-order valence-electron chi connectivity index (χ4n) is 2.38. The van der Waals surface area contributed by atoms with E-state index in [1.54, 1.807) is 7.05 Å². The Balaban J connectivity index is 1.52. The van der Waals surface area contributed by atoms with Crippen molar-refractivity contribution in [2.45, 2.75) is 13.5 Å². The minimum absolute atomic E-state index is 0.0960. The standard InChI is InChI=1S/C17H19N5O3/c1-12-3-5-13(6-4-12)25-8-7-18-15(23)10-22-11-19-16-14(17(22)24)9-20-21(16)2/h3-6,9,11H,7-8,10H2,1-2H3,(H,18,23). The Hall–Kier alpha value is -3.16. The Morgan fingerprint density at radius 3 is 2.80 bits per heavy atom. The highest BCUT2D eigenvalue weighted by Gasteiger charge is 2.10. The number of carbonyl (C=O) groups excluding carboxylic acids is 1. The van der Waals surface area contributed by atoms with E-state index in [0.717, 1.165) is 11.3 Å². The molecule has 1 aromatic carbocycles. The molecule has 130 valence electrons. The highest BCUT2D eigenvalue weighted by molar-refractivity contribution is 5.77. The Labute approximate surface area is 144 Å². The minimum atomic E-state index is -0.288. The molecule has 8 nitrogen and oxygen atoms in total. The van der Waals surface area contributed by atoms with Crippen LogP contribution in [0.2, 0.25) is 0 Å². The number of amides is 1. The third kappa shape index (κ3) is 3.85. The molecule has 8 heteroatoms. The summed E-state index contributed by atoms with van der Waals surface area (Å²) in [4.78, 5) is 28.4. The van der Waals surface area contributed by atoms with E-state index in [4.69, 9.17) is 4.74 Å². The molecular weight excluding hydrogens is 322 g/mol. The lowest BCUT2D eigenvalue weighted by Gasteiger charge is -2.09. The van der Waals surface area contributed by atoms with Crippen LogP contribution in [0.5, 0.6) is 5.75 Å². The van der Waals surface area contributed by atoms with Gasteiger partial charge in [0.05, 0.1) is 12.7 Å². The summed E-state index contributed by atoms with van der Waals surface area (Å²) < 4.78 is 8.32. The van der Waals surface area contributed by atoms with Crippen LogP contribution in [-0.4, -0.2) is 38.4 Å². The number of hydrogen-bond acceptors (Lipinski definition) is 5. The Kier molecular flexibility index (Phi) is 4.78. The summed E-state index contributed by atoms with van der Waals surface area (Å²) >= 11 is 0. The molecule has 0 fully saturated rings. The van der Waals surface area contributed by atoms with Gasteiger partial charge in [0.1, 0.15) is 30.6 Å². The van der Waals surface area contributed by atoms with Gasteiger partial charge in [-0.1, -0.05) is 17.7 Å². The number of benzene rings is 1. The van der Waals surface area contributed by atoms with E-state index < -0.39 is 0 Å². The lowest BCUT2D eigenvalue weighted by Crippen LogP contribution is -2.34. The van der Waals surface area contributed by atoms with Gasteiger partial charge in [-0.05, 0) is 19.1 Å². The zero-order chi connectivity index (χ0) is 17.8. The molecule has 3 rings (SSSR count). The fourth-order valence-corrected chi connectivity index (χ4v) is 2.38. The normalized spacial score (nSPS) is 10.8. The summed E-state index contributed by atoms with van der Waals surface area (Å²) in [5.74, 6) is 0.474. The molecule has 0 aliphatic rings. The maximum absolute atomic E-state index is 12.3. The molecule has 1 amide bonds. The Morgan fingerprint density at radius 2 is 2.04 bits per heavy atom. The van der Waals surface area contributed by atoms with Crippen LogP contribution in [0.3, 0.4) is 0 Å². The zero-order valence-corrected chi connectivity index (χ0v) is 14.1. The predicted molar refractivity (Wildman–Crippen MR) is 92.5 cm³/mol. The van der Waals surface area contributed by atoms with Crippen LogP contribution in [-0.2, 0) is 18.4 Å². The summed E-state index contributed by atoms with van der Waals surface area (Å²) in [6.45, 7) is 2.61. The topological polar surface area (TPSA) is 91.0 Å². The lowest BCUT2D eigenvalue weighted by atomic mass is 10.2. The molecule has 2 aromatic heterocycles. The number of ether oxygens (including phenoxy) is 1. The van der Waals surface area contributed by atoms with Crippen molar-refractivity contribution < 1.29 is 9.53 Å². The molecule has 0 atom stereocenters. The molecule has 0 unspecified atom stereocenters. The minimum Gasteiger partial charge on any atom is -0.492 e. The van der Waals surface area contributed by atoms with E-state index in [-0.39, 0.29) is 18.0 Å². The number of aryl methyl sites for hydroxylation is 2. The summed E-state index contributed by atoms with van der Waals surface area (Å²) in [6.07, 6.45) is 2.81. The molecular formula is C17H19N5O3. The molecule has 1 N–H and O–H groups in total. The maximum Gasteiger partial charge on any atom is 0.264 e. The van der Waals surface area contributed by atoms with Gasteiger partial charge in [0.15, 0.2) is 5.65 Å². The van der Waals surface area contributed by atoms with Crippen molar-refractivity contribution in [3.63, 3.8) is 0 Å². The third-order valence-corrected chi connectivity index (χ3v) is 3.75. The Morgan fingerprint density at radius 1 is 1.28 bits per heavy atom. The molecule has 0 aliphatic heterocycles. The van der Waals surface area contributed by atoms with E-state index >= 15 is 0 Å². The van der Waals surface area contributed by atoms with Crippen LogP contribution in [0.25, 0.3) is 11.0 Å². The lowest BCUT2D eigenvalue weighted by molar-refractivity contribution is -0.121. The number of rotatable bonds is 6. The Bertz CT molecular complexity index is 943. The van der Waals surface area contributed by atoms with Crippen molar-refractivity contribution in [3.8, 4) is 5.75 Å². The van der Waals surface area contributed by atoms with Gasteiger partial charge in [-0.3, -0.25) is 18.8 Å². The van der Waals surface area contributed by atoms with Crippen molar-refractivity contribution in [2.75, 3.05) is 13.2 Å². The average molecular weight is 341 g/mol. The van der Waals surface area contributed by atoms with Crippen LogP contribution in [0.15, 0.2) is 41.6 Å². The number of hydrogen-bond donors (Lipinski definition) is 1. The second kappa shape index (κ2) is 7.16. The molecule has 0 spiro atoms. The van der Waals surface area contributed by atoms with Gasteiger partial charge in [0.2, 0.25) is 5.91 Å². The van der Waals surface area contributed by atoms with E-state index in [1.165, 1.54) is 21.8 Å². The predicted octanol–water partition coefficient (Wildman–Crippen LogP) is 0.634. The van der Waals surface area contributed by atoms with Gasteiger partial charge in [0, 0.05) is 7.05 Å². The largest absolute Gasteiger partial charge is 0.492 e. The number of nitrogens with one attached hydrogen (secondary N) is 1. The van der Waals surface area contributed by atoms with Crippen LogP contribution in [0.1, 0.15) is 5.56 Å². The SMILES string of the molecule is Cc1ccc(OCCNC(=O)Cn2cnc3c(cnn3C)c2=O)cc1. The first-order valence-electron chi connectivity index (χ1n) is 7.88. The summed E-state index contributed by atoms with van der Waals surface area (Å²) in [5, 5.41) is 7.11. The molecule has 25 heavy (non-hydrogen) atoms. The molecule has 3 aromatic rings. The van der Waals surface area contributed by atoms with E-state index in [2.05, 4.69) is 15.4 Å². The second-order valence-electron chi connectivity index (χ2n) is 5.69. The van der Waals surface area contributed by atoms with E-state index in [1.807, 2.05) is 31.2 Å². The molecule has 0 aliphatic carbocycles. The van der Waals surface area contributed by atoms with Crippen molar-refractivity contribution >= 4 is 16.9 Å². The first kappa shape index (κ1) is 16.7. The zero-order valence-electron chi connectivity index (χ0n) is 14.1. The second-order valence-corrected chi connectivity index (χ2v) is 5.69. The quantitative estimate of drug-likeness (QED) is 0.664. The van der Waals surface area contributed by atoms with Gasteiger partial charge in [-0.2, -0.15) is 5.10 Å². The van der Waals surface area contributed by atoms with Crippen molar-refractivity contribution in [1.29, 1.82) is 0 Å². The molecule has 2 heterocycles. The molecule has 0 bridgehead atoms. The first-order valence-corrected chi connectivity index (χ1v) is 7.88. The summed E-state index contributed by atoms with van der Waals surface area (Å²) in [6, 6.07) is 7.68. The maximum atomic E-state index is 12.3. The number of fused-ring (bicyclic) bond motifs is 1. The number of aromatic nitrogens is 4. The van der Waals surface area contributed by atoms with Crippen molar-refractivity contribution in [3.05, 3.63) is 52.7 Å². The van der Waals surface area contributed by atoms with Crippen LogP contribution >= 0.6 is 0 Å². The third-order valence-electron chi connectivity index (χ3n) is 3.75.